The Morgan fingerprint density at radius 3 is 2.66 bits per heavy atom. The predicted molar refractivity (Wildman–Crippen MR) is 100 cm³/mol. The van der Waals surface area contributed by atoms with Crippen molar-refractivity contribution in [1.82, 2.24) is 10.3 Å². The van der Waals surface area contributed by atoms with Gasteiger partial charge in [-0.15, -0.1) is 0 Å². The number of nitrogens with one attached hydrogen (secondary N) is 1. The number of Topliss-reactive ketones (excluding diaryl/α,β-unsaturated/α-hetero) is 1. The first-order valence-corrected chi connectivity index (χ1v) is 8.91. The monoisotopic (exact) mass is 396 g/mol. The largest absolute Gasteiger partial charge is 0.454 e. The topological polar surface area (TPSA) is 90.7 Å². The number of aryl methyl sites for hydroxylation is 1. The number of aromatic nitrogens is 1. The van der Waals surface area contributed by atoms with E-state index in [0.29, 0.717) is 40.0 Å². The molecule has 0 fully saturated rings. The Hall–Kier alpha value is -3.68. The third-order valence-electron chi connectivity index (χ3n) is 4.45. The van der Waals surface area contributed by atoms with Gasteiger partial charge < -0.3 is 19.2 Å². The molecule has 4 rings (SSSR count). The molecule has 0 atom stereocenters. The van der Waals surface area contributed by atoms with Crippen LogP contribution in [-0.2, 0) is 11.2 Å². The zero-order chi connectivity index (χ0) is 20.4. The standard InChI is InChI=1S/C21H17FN2O5/c1-12-16(9-20(26)23-10-17(25)13-2-5-15(22)6-3-13)24-21(29-12)14-4-7-18-19(8-14)28-11-27-18/h2-8H,9-11H2,1H3,(H,23,26). The maximum Gasteiger partial charge on any atom is 0.231 e. The second-order valence-electron chi connectivity index (χ2n) is 6.47. The lowest BCUT2D eigenvalue weighted by Gasteiger charge is -2.04. The van der Waals surface area contributed by atoms with Gasteiger partial charge in [0, 0.05) is 11.1 Å². The van der Waals surface area contributed by atoms with Gasteiger partial charge in [-0.2, -0.15) is 0 Å². The second-order valence-corrected chi connectivity index (χ2v) is 6.47. The van der Waals surface area contributed by atoms with Crippen LogP contribution in [0, 0.1) is 12.7 Å². The highest BCUT2D eigenvalue weighted by molar-refractivity contribution is 5.99. The summed E-state index contributed by atoms with van der Waals surface area (Å²) >= 11 is 0. The highest BCUT2D eigenvalue weighted by Gasteiger charge is 2.19. The summed E-state index contributed by atoms with van der Waals surface area (Å²) in [4.78, 5) is 28.7. The van der Waals surface area contributed by atoms with Crippen LogP contribution in [0.5, 0.6) is 11.5 Å². The van der Waals surface area contributed by atoms with Gasteiger partial charge in [0.25, 0.3) is 0 Å². The fourth-order valence-electron chi connectivity index (χ4n) is 2.88. The smallest absolute Gasteiger partial charge is 0.231 e. The molecule has 1 aliphatic rings. The summed E-state index contributed by atoms with van der Waals surface area (Å²) in [6.45, 7) is 1.71. The number of hydrogen-bond acceptors (Lipinski definition) is 6. The van der Waals surface area contributed by atoms with Crippen molar-refractivity contribution in [1.29, 1.82) is 0 Å². The molecule has 2 aromatic carbocycles. The summed E-state index contributed by atoms with van der Waals surface area (Å²) in [6.07, 6.45) is -0.0312. The van der Waals surface area contributed by atoms with Gasteiger partial charge in [-0.05, 0) is 49.4 Å². The maximum absolute atomic E-state index is 12.9. The first-order valence-electron chi connectivity index (χ1n) is 8.91. The molecule has 0 unspecified atom stereocenters. The number of oxazole rings is 1. The summed E-state index contributed by atoms with van der Waals surface area (Å²) in [6, 6.07) is 10.5. The predicted octanol–water partition coefficient (Wildman–Crippen LogP) is 3.06. The van der Waals surface area contributed by atoms with Crippen LogP contribution in [0.15, 0.2) is 46.9 Å². The second kappa shape index (κ2) is 7.75. The van der Waals surface area contributed by atoms with Gasteiger partial charge in [-0.25, -0.2) is 9.37 Å². The quantitative estimate of drug-likeness (QED) is 0.644. The van der Waals surface area contributed by atoms with E-state index in [0.717, 1.165) is 0 Å². The van der Waals surface area contributed by atoms with Crippen molar-refractivity contribution < 1.29 is 27.9 Å². The Kier molecular flexibility index (Phi) is 4.99. The van der Waals surface area contributed by atoms with Crippen LogP contribution in [0.3, 0.4) is 0 Å². The van der Waals surface area contributed by atoms with E-state index in [4.69, 9.17) is 13.9 Å². The zero-order valence-corrected chi connectivity index (χ0v) is 15.5. The molecular formula is C21H17FN2O5. The van der Waals surface area contributed by atoms with Gasteiger partial charge in [0.2, 0.25) is 18.6 Å². The van der Waals surface area contributed by atoms with Crippen molar-refractivity contribution in [2.45, 2.75) is 13.3 Å². The summed E-state index contributed by atoms with van der Waals surface area (Å²) in [5, 5.41) is 2.55. The van der Waals surface area contributed by atoms with Crippen molar-refractivity contribution in [3.63, 3.8) is 0 Å². The number of rotatable bonds is 6. The molecule has 0 bridgehead atoms. The Balaban J connectivity index is 1.38. The first kappa shape index (κ1) is 18.7. The molecule has 1 aliphatic heterocycles. The molecule has 8 heteroatoms. The van der Waals surface area contributed by atoms with Crippen molar-refractivity contribution in [2.75, 3.05) is 13.3 Å². The SMILES string of the molecule is Cc1oc(-c2ccc3c(c2)OCO3)nc1CC(=O)NCC(=O)c1ccc(F)cc1. The normalized spacial score (nSPS) is 12.1. The van der Waals surface area contributed by atoms with E-state index in [1.165, 1.54) is 24.3 Å². The zero-order valence-electron chi connectivity index (χ0n) is 15.5. The van der Waals surface area contributed by atoms with Crippen LogP contribution >= 0.6 is 0 Å². The van der Waals surface area contributed by atoms with E-state index in [-0.39, 0.29) is 31.4 Å². The van der Waals surface area contributed by atoms with Crippen LogP contribution in [0.1, 0.15) is 21.8 Å². The highest BCUT2D eigenvalue weighted by atomic mass is 19.1. The number of benzene rings is 2. The Morgan fingerprint density at radius 1 is 1.10 bits per heavy atom. The molecule has 2 heterocycles. The summed E-state index contributed by atoms with van der Waals surface area (Å²) in [7, 11) is 0. The van der Waals surface area contributed by atoms with E-state index in [1.807, 2.05) is 0 Å². The number of ketones is 1. The summed E-state index contributed by atoms with van der Waals surface area (Å²) < 4.78 is 29.2. The van der Waals surface area contributed by atoms with E-state index in [1.54, 1.807) is 25.1 Å². The molecule has 3 aromatic rings. The fraction of sp³-hybridized carbons (Fsp3) is 0.190. The molecule has 29 heavy (non-hydrogen) atoms. The van der Waals surface area contributed by atoms with Gasteiger partial charge in [-0.3, -0.25) is 9.59 Å². The highest BCUT2D eigenvalue weighted by Crippen LogP contribution is 2.36. The molecule has 7 nitrogen and oxygen atoms in total. The first-order chi connectivity index (χ1) is 14.0. The van der Waals surface area contributed by atoms with Gasteiger partial charge in [-0.1, -0.05) is 0 Å². The Bertz CT molecular complexity index is 1080. The Morgan fingerprint density at radius 2 is 1.86 bits per heavy atom. The number of ether oxygens (including phenoxy) is 2. The van der Waals surface area contributed by atoms with Crippen LogP contribution in [0.25, 0.3) is 11.5 Å². The molecule has 1 N–H and O–H groups in total. The van der Waals surface area contributed by atoms with Crippen molar-refractivity contribution in [3.05, 3.63) is 65.3 Å². The number of carbonyl (C=O) groups excluding carboxylic acids is 2. The maximum atomic E-state index is 12.9. The minimum absolute atomic E-state index is 0.0312. The number of amides is 1. The average molecular weight is 396 g/mol. The molecule has 0 aliphatic carbocycles. The molecule has 0 radical (unpaired) electrons. The number of carbonyl (C=O) groups is 2. The molecule has 148 valence electrons. The minimum atomic E-state index is -0.426. The minimum Gasteiger partial charge on any atom is -0.454 e. The van der Waals surface area contributed by atoms with Crippen molar-refractivity contribution >= 4 is 11.7 Å². The van der Waals surface area contributed by atoms with Crippen LogP contribution in [0.2, 0.25) is 0 Å². The number of nitrogens with zero attached hydrogens (tertiary/aromatic N) is 1. The number of hydrogen-bond donors (Lipinski definition) is 1. The molecule has 0 spiro atoms. The van der Waals surface area contributed by atoms with Gasteiger partial charge >= 0.3 is 0 Å². The molecule has 1 aromatic heterocycles. The van der Waals surface area contributed by atoms with Gasteiger partial charge in [0.15, 0.2) is 17.3 Å². The molecule has 1 amide bonds. The van der Waals surface area contributed by atoms with Crippen LogP contribution < -0.4 is 14.8 Å². The van der Waals surface area contributed by atoms with Crippen LogP contribution in [0.4, 0.5) is 4.39 Å². The summed E-state index contributed by atoms with van der Waals surface area (Å²) in [5.41, 5.74) is 1.51. The third-order valence-corrected chi connectivity index (χ3v) is 4.45. The third kappa shape index (κ3) is 4.11. The van der Waals surface area contributed by atoms with Crippen molar-refractivity contribution in [3.8, 4) is 23.0 Å². The van der Waals surface area contributed by atoms with E-state index in [9.17, 15) is 14.0 Å². The van der Waals surface area contributed by atoms with Gasteiger partial charge in [0.1, 0.15) is 11.6 Å². The summed E-state index contributed by atoms with van der Waals surface area (Å²) in [5.74, 6) is 1.04. The fourth-order valence-corrected chi connectivity index (χ4v) is 2.88. The molecule has 0 saturated carbocycles. The van der Waals surface area contributed by atoms with E-state index in [2.05, 4.69) is 10.3 Å². The van der Waals surface area contributed by atoms with Crippen LogP contribution in [-0.4, -0.2) is 30.0 Å². The number of halogens is 1. The lowest BCUT2D eigenvalue weighted by Crippen LogP contribution is -2.31. The van der Waals surface area contributed by atoms with E-state index >= 15 is 0 Å². The van der Waals surface area contributed by atoms with Gasteiger partial charge in [0.05, 0.1) is 18.7 Å². The lowest BCUT2D eigenvalue weighted by atomic mass is 10.1. The lowest BCUT2D eigenvalue weighted by molar-refractivity contribution is -0.120. The van der Waals surface area contributed by atoms with Crippen molar-refractivity contribution in [2.24, 2.45) is 0 Å². The van der Waals surface area contributed by atoms with E-state index < -0.39 is 5.82 Å². The molecule has 0 saturated heterocycles. The average Bonchev–Trinajstić information content (AvgIpc) is 3.32. The number of fused-ring (bicyclic) bond motifs is 1. The molecular weight excluding hydrogens is 379 g/mol. The Labute approximate surface area is 165 Å².